The summed E-state index contributed by atoms with van der Waals surface area (Å²) in [5.41, 5.74) is 3.41. The summed E-state index contributed by atoms with van der Waals surface area (Å²) >= 11 is 1.37. The number of para-hydroxylation sites is 1. The van der Waals surface area contributed by atoms with E-state index in [1.54, 1.807) is 0 Å². The first-order valence-corrected chi connectivity index (χ1v) is 10.1. The van der Waals surface area contributed by atoms with Crippen molar-refractivity contribution < 1.29 is 14.5 Å². The van der Waals surface area contributed by atoms with E-state index >= 15 is 0 Å². The molecular weight excluding hydrogens is 390 g/mol. The zero-order valence-corrected chi connectivity index (χ0v) is 17.2. The van der Waals surface area contributed by atoms with Crippen LogP contribution in [0, 0.1) is 17.0 Å². The number of carbonyl (C=O) groups is 1. The molecule has 1 amide bonds. The first-order chi connectivity index (χ1) is 13.9. The SMILES string of the molecule is CCc1cc2cccc(C)c2nc1SCC(=O)Nc1ccc([N+](=O)[O-])cc1OC. The Morgan fingerprint density at radius 1 is 1.28 bits per heavy atom. The third-order valence-electron chi connectivity index (χ3n) is 4.48. The van der Waals surface area contributed by atoms with E-state index in [4.69, 9.17) is 9.72 Å². The summed E-state index contributed by atoms with van der Waals surface area (Å²) in [5, 5.41) is 15.6. The second kappa shape index (κ2) is 8.91. The van der Waals surface area contributed by atoms with E-state index in [0.29, 0.717) is 5.69 Å². The Hall–Kier alpha value is -3.13. The van der Waals surface area contributed by atoms with Crippen LogP contribution in [-0.4, -0.2) is 28.7 Å². The van der Waals surface area contributed by atoms with Gasteiger partial charge in [0.05, 0.1) is 35.1 Å². The van der Waals surface area contributed by atoms with Crippen molar-refractivity contribution in [1.82, 2.24) is 4.98 Å². The lowest BCUT2D eigenvalue weighted by atomic mass is 10.1. The van der Waals surface area contributed by atoms with Gasteiger partial charge < -0.3 is 10.1 Å². The zero-order valence-electron chi connectivity index (χ0n) is 16.4. The predicted octanol–water partition coefficient (Wildman–Crippen LogP) is 4.75. The first-order valence-electron chi connectivity index (χ1n) is 9.07. The van der Waals surface area contributed by atoms with Gasteiger partial charge in [0.2, 0.25) is 5.91 Å². The third-order valence-corrected chi connectivity index (χ3v) is 5.51. The molecule has 0 aliphatic heterocycles. The van der Waals surface area contributed by atoms with Crippen LogP contribution < -0.4 is 10.1 Å². The molecule has 7 nitrogen and oxygen atoms in total. The van der Waals surface area contributed by atoms with Gasteiger partial charge in [-0.3, -0.25) is 14.9 Å². The molecule has 150 valence electrons. The van der Waals surface area contributed by atoms with E-state index < -0.39 is 4.92 Å². The predicted molar refractivity (Wildman–Crippen MR) is 115 cm³/mol. The number of benzene rings is 2. The third kappa shape index (κ3) is 4.65. The van der Waals surface area contributed by atoms with Crippen LogP contribution in [-0.2, 0) is 11.2 Å². The number of amides is 1. The minimum Gasteiger partial charge on any atom is -0.494 e. The Balaban J connectivity index is 1.76. The molecule has 1 aromatic heterocycles. The number of rotatable bonds is 7. The first kappa shape index (κ1) is 20.6. The number of ether oxygens (including phenoxy) is 1. The Kier molecular flexibility index (Phi) is 6.33. The minimum absolute atomic E-state index is 0.0995. The van der Waals surface area contributed by atoms with Crippen molar-refractivity contribution in [3.63, 3.8) is 0 Å². The highest BCUT2D eigenvalue weighted by atomic mass is 32.2. The van der Waals surface area contributed by atoms with Crippen LogP contribution in [0.15, 0.2) is 47.5 Å². The lowest BCUT2D eigenvalue weighted by Crippen LogP contribution is -2.15. The van der Waals surface area contributed by atoms with Crippen molar-refractivity contribution in [3.8, 4) is 5.75 Å². The molecule has 0 spiro atoms. The van der Waals surface area contributed by atoms with E-state index in [0.717, 1.165) is 33.5 Å². The van der Waals surface area contributed by atoms with Gasteiger partial charge in [-0.15, -0.1) is 0 Å². The Labute approximate surface area is 172 Å². The largest absolute Gasteiger partial charge is 0.494 e. The highest BCUT2D eigenvalue weighted by molar-refractivity contribution is 8.00. The number of nitro benzene ring substituents is 1. The molecule has 1 N–H and O–H groups in total. The smallest absolute Gasteiger partial charge is 0.273 e. The number of thioether (sulfide) groups is 1. The maximum absolute atomic E-state index is 12.5. The van der Waals surface area contributed by atoms with Crippen LogP contribution in [0.1, 0.15) is 18.1 Å². The van der Waals surface area contributed by atoms with Crippen LogP contribution in [0.2, 0.25) is 0 Å². The molecule has 3 aromatic rings. The van der Waals surface area contributed by atoms with E-state index in [-0.39, 0.29) is 23.1 Å². The summed E-state index contributed by atoms with van der Waals surface area (Å²) in [4.78, 5) is 27.6. The highest BCUT2D eigenvalue weighted by Gasteiger charge is 2.15. The Morgan fingerprint density at radius 2 is 2.07 bits per heavy atom. The number of non-ortho nitro benzene ring substituents is 1. The van der Waals surface area contributed by atoms with Crippen LogP contribution in [0.25, 0.3) is 10.9 Å². The monoisotopic (exact) mass is 411 g/mol. The number of fused-ring (bicyclic) bond motifs is 1. The molecule has 29 heavy (non-hydrogen) atoms. The van der Waals surface area contributed by atoms with Crippen molar-refractivity contribution in [1.29, 1.82) is 0 Å². The van der Waals surface area contributed by atoms with Gasteiger partial charge in [0.25, 0.3) is 5.69 Å². The molecule has 0 aliphatic rings. The summed E-state index contributed by atoms with van der Waals surface area (Å²) in [6.07, 6.45) is 0.816. The van der Waals surface area contributed by atoms with Gasteiger partial charge in [0, 0.05) is 11.5 Å². The lowest BCUT2D eigenvalue weighted by Gasteiger charge is -2.12. The van der Waals surface area contributed by atoms with E-state index in [1.165, 1.54) is 37.1 Å². The maximum atomic E-state index is 12.5. The molecule has 1 heterocycles. The van der Waals surface area contributed by atoms with Gasteiger partial charge in [-0.05, 0) is 36.6 Å². The minimum atomic E-state index is -0.510. The molecule has 0 bridgehead atoms. The molecule has 8 heteroatoms. The number of anilines is 1. The Morgan fingerprint density at radius 3 is 2.76 bits per heavy atom. The molecule has 0 unspecified atom stereocenters. The van der Waals surface area contributed by atoms with Crippen LogP contribution in [0.4, 0.5) is 11.4 Å². The molecule has 0 saturated carbocycles. The average molecular weight is 411 g/mol. The number of hydrogen-bond acceptors (Lipinski definition) is 6. The fourth-order valence-corrected chi connectivity index (χ4v) is 3.85. The summed E-state index contributed by atoms with van der Waals surface area (Å²) in [6.45, 7) is 4.08. The number of nitrogens with zero attached hydrogens (tertiary/aromatic N) is 2. The second-order valence-corrected chi connectivity index (χ2v) is 7.40. The van der Waals surface area contributed by atoms with Gasteiger partial charge in [-0.1, -0.05) is 36.9 Å². The van der Waals surface area contributed by atoms with Gasteiger partial charge in [0.15, 0.2) is 0 Å². The average Bonchev–Trinajstić information content (AvgIpc) is 2.72. The number of nitro groups is 1. The number of hydrogen-bond donors (Lipinski definition) is 1. The number of carbonyl (C=O) groups excluding carboxylic acids is 1. The van der Waals surface area contributed by atoms with Crippen molar-refractivity contribution in [2.24, 2.45) is 0 Å². The molecule has 0 atom stereocenters. The zero-order chi connectivity index (χ0) is 21.0. The number of pyridine rings is 1. The summed E-state index contributed by atoms with van der Waals surface area (Å²) in [5.74, 6) is 0.166. The number of nitrogens with one attached hydrogen (secondary N) is 1. The van der Waals surface area contributed by atoms with Crippen LogP contribution in [0.5, 0.6) is 5.75 Å². The van der Waals surface area contributed by atoms with Crippen LogP contribution >= 0.6 is 11.8 Å². The topological polar surface area (TPSA) is 94.4 Å². The number of aromatic nitrogens is 1. The van der Waals surface area contributed by atoms with E-state index in [9.17, 15) is 14.9 Å². The lowest BCUT2D eigenvalue weighted by molar-refractivity contribution is -0.384. The van der Waals surface area contributed by atoms with Crippen molar-refractivity contribution in [2.45, 2.75) is 25.3 Å². The molecular formula is C21H21N3O4S. The van der Waals surface area contributed by atoms with Crippen molar-refractivity contribution in [2.75, 3.05) is 18.2 Å². The molecule has 0 saturated heterocycles. The number of aryl methyl sites for hydroxylation is 2. The molecule has 2 aromatic carbocycles. The standard InChI is InChI=1S/C21H21N3O4S/c1-4-14-10-15-7-5-6-13(2)20(15)23-21(14)29-12-19(25)22-17-9-8-16(24(26)27)11-18(17)28-3/h5-11H,4,12H2,1-3H3,(H,22,25). The van der Waals surface area contributed by atoms with Gasteiger partial charge in [-0.2, -0.15) is 0 Å². The summed E-state index contributed by atoms with van der Waals surface area (Å²) in [7, 11) is 1.40. The van der Waals surface area contributed by atoms with Crippen molar-refractivity contribution in [3.05, 3.63) is 63.7 Å². The van der Waals surface area contributed by atoms with E-state index in [1.807, 2.05) is 25.1 Å². The number of methoxy groups -OCH3 is 1. The fraction of sp³-hybridized carbons (Fsp3) is 0.238. The quantitative estimate of drug-likeness (QED) is 0.342. The molecule has 0 fully saturated rings. The summed E-state index contributed by atoms with van der Waals surface area (Å²) in [6, 6.07) is 12.3. The van der Waals surface area contributed by atoms with Crippen molar-refractivity contribution >= 4 is 39.9 Å². The fourth-order valence-electron chi connectivity index (χ4n) is 2.97. The molecule has 0 radical (unpaired) electrons. The van der Waals surface area contributed by atoms with Gasteiger partial charge in [0.1, 0.15) is 10.8 Å². The molecule has 0 aliphatic carbocycles. The molecule has 3 rings (SSSR count). The summed E-state index contributed by atoms with van der Waals surface area (Å²) < 4.78 is 5.16. The van der Waals surface area contributed by atoms with Gasteiger partial charge >= 0.3 is 0 Å². The Bertz CT molecular complexity index is 1080. The highest BCUT2D eigenvalue weighted by Crippen LogP contribution is 2.30. The van der Waals surface area contributed by atoms with Crippen LogP contribution in [0.3, 0.4) is 0 Å². The second-order valence-electron chi connectivity index (χ2n) is 6.43. The van der Waals surface area contributed by atoms with E-state index in [2.05, 4.69) is 18.3 Å². The van der Waals surface area contributed by atoms with Gasteiger partial charge in [-0.25, -0.2) is 4.98 Å². The maximum Gasteiger partial charge on any atom is 0.273 e. The normalized spacial score (nSPS) is 10.7.